The summed E-state index contributed by atoms with van der Waals surface area (Å²) in [5.41, 5.74) is 9.55. The standard InChI is InChI=1S/C18H19ClN2O2/c1-12-14(19)6-2-9-17(12)23-11-18(22)21-10-4-5-13-15(20)7-3-8-16(13)21/h2-3,6-9H,4-5,10-11,20H2,1H3. The molecule has 1 amide bonds. The predicted octanol–water partition coefficient (Wildman–Crippen LogP) is 3.59. The molecule has 23 heavy (non-hydrogen) atoms. The Bertz CT molecular complexity index is 746. The van der Waals surface area contributed by atoms with E-state index in [4.69, 9.17) is 22.1 Å². The number of nitrogens with zero attached hydrogens (tertiary/aromatic N) is 1. The van der Waals surface area contributed by atoms with Crippen molar-refractivity contribution in [2.45, 2.75) is 19.8 Å². The number of ether oxygens (including phenoxy) is 1. The SMILES string of the molecule is Cc1c(Cl)cccc1OCC(=O)N1CCCc2c(N)cccc21. The van der Waals surface area contributed by atoms with Gasteiger partial charge in [0.05, 0.1) is 0 Å². The monoisotopic (exact) mass is 330 g/mol. The maximum absolute atomic E-state index is 12.6. The third-order valence-electron chi connectivity index (χ3n) is 4.16. The molecule has 0 aromatic heterocycles. The fourth-order valence-electron chi connectivity index (χ4n) is 2.87. The fraction of sp³-hybridized carbons (Fsp3) is 0.278. The molecule has 2 aromatic carbocycles. The van der Waals surface area contributed by atoms with Gasteiger partial charge in [0.2, 0.25) is 0 Å². The van der Waals surface area contributed by atoms with Gasteiger partial charge in [-0.3, -0.25) is 4.79 Å². The fourth-order valence-corrected chi connectivity index (χ4v) is 3.04. The van der Waals surface area contributed by atoms with Crippen LogP contribution >= 0.6 is 11.6 Å². The summed E-state index contributed by atoms with van der Waals surface area (Å²) >= 11 is 6.07. The van der Waals surface area contributed by atoms with Crippen molar-refractivity contribution in [2.24, 2.45) is 0 Å². The lowest BCUT2D eigenvalue weighted by atomic mass is 10.00. The van der Waals surface area contributed by atoms with Crippen molar-refractivity contribution in [3.05, 3.63) is 52.5 Å². The number of fused-ring (bicyclic) bond motifs is 1. The van der Waals surface area contributed by atoms with Crippen molar-refractivity contribution in [1.29, 1.82) is 0 Å². The summed E-state index contributed by atoms with van der Waals surface area (Å²) in [7, 11) is 0. The quantitative estimate of drug-likeness (QED) is 0.875. The summed E-state index contributed by atoms with van der Waals surface area (Å²) in [6.45, 7) is 2.54. The molecule has 3 rings (SSSR count). The highest BCUT2D eigenvalue weighted by Gasteiger charge is 2.24. The summed E-state index contributed by atoms with van der Waals surface area (Å²) in [5.74, 6) is 0.562. The van der Waals surface area contributed by atoms with Crippen LogP contribution in [0.4, 0.5) is 11.4 Å². The average molecular weight is 331 g/mol. The normalized spacial score (nSPS) is 13.6. The molecule has 1 aliphatic rings. The van der Waals surface area contributed by atoms with Crippen LogP contribution < -0.4 is 15.4 Å². The first-order chi connectivity index (χ1) is 11.1. The van der Waals surface area contributed by atoms with E-state index in [0.717, 1.165) is 35.3 Å². The summed E-state index contributed by atoms with van der Waals surface area (Å²) in [5, 5.41) is 0.631. The third-order valence-corrected chi connectivity index (χ3v) is 4.57. The molecule has 0 atom stereocenters. The number of rotatable bonds is 3. The Labute approximate surface area is 140 Å². The molecule has 120 valence electrons. The van der Waals surface area contributed by atoms with Gasteiger partial charge in [-0.05, 0) is 49.6 Å². The highest BCUT2D eigenvalue weighted by molar-refractivity contribution is 6.31. The molecule has 0 spiro atoms. The molecule has 2 N–H and O–H groups in total. The molecule has 2 aromatic rings. The van der Waals surface area contributed by atoms with Crippen LogP contribution in [0.5, 0.6) is 5.75 Å². The maximum atomic E-state index is 12.6. The number of halogens is 1. The van der Waals surface area contributed by atoms with Crippen LogP contribution in [-0.2, 0) is 11.2 Å². The van der Waals surface area contributed by atoms with Crippen LogP contribution in [0.3, 0.4) is 0 Å². The summed E-state index contributed by atoms with van der Waals surface area (Å²) < 4.78 is 5.67. The number of benzene rings is 2. The molecular formula is C18H19ClN2O2. The van der Waals surface area contributed by atoms with Gasteiger partial charge in [0.25, 0.3) is 5.91 Å². The van der Waals surface area contributed by atoms with Crippen molar-refractivity contribution in [1.82, 2.24) is 0 Å². The zero-order valence-electron chi connectivity index (χ0n) is 13.0. The number of carbonyl (C=O) groups is 1. The molecule has 5 heteroatoms. The van der Waals surface area contributed by atoms with Gasteiger partial charge in [-0.1, -0.05) is 23.7 Å². The van der Waals surface area contributed by atoms with Crippen molar-refractivity contribution >= 4 is 28.9 Å². The molecular weight excluding hydrogens is 312 g/mol. The van der Waals surface area contributed by atoms with E-state index in [9.17, 15) is 4.79 Å². The first-order valence-electron chi connectivity index (χ1n) is 7.63. The van der Waals surface area contributed by atoms with Crippen LogP contribution in [-0.4, -0.2) is 19.1 Å². The Morgan fingerprint density at radius 2 is 2.09 bits per heavy atom. The van der Waals surface area contributed by atoms with E-state index < -0.39 is 0 Å². The zero-order chi connectivity index (χ0) is 16.4. The van der Waals surface area contributed by atoms with Gasteiger partial charge in [-0.2, -0.15) is 0 Å². The second kappa shape index (κ2) is 6.50. The number of anilines is 2. The number of nitrogen functional groups attached to an aromatic ring is 1. The molecule has 0 fully saturated rings. The molecule has 0 saturated heterocycles. The summed E-state index contributed by atoms with van der Waals surface area (Å²) in [6.07, 6.45) is 1.81. The second-order valence-corrected chi connectivity index (χ2v) is 6.05. The van der Waals surface area contributed by atoms with Crippen molar-refractivity contribution in [3.8, 4) is 5.75 Å². The van der Waals surface area contributed by atoms with E-state index in [1.165, 1.54) is 0 Å². The number of hydrogen-bond donors (Lipinski definition) is 1. The largest absolute Gasteiger partial charge is 0.483 e. The lowest BCUT2D eigenvalue weighted by Crippen LogP contribution is -2.38. The summed E-state index contributed by atoms with van der Waals surface area (Å²) in [4.78, 5) is 14.3. The van der Waals surface area contributed by atoms with E-state index in [-0.39, 0.29) is 12.5 Å². The minimum absolute atomic E-state index is 0.0184. The average Bonchev–Trinajstić information content (AvgIpc) is 2.56. The second-order valence-electron chi connectivity index (χ2n) is 5.65. The Balaban J connectivity index is 1.75. The van der Waals surface area contributed by atoms with E-state index >= 15 is 0 Å². The van der Waals surface area contributed by atoms with Gasteiger partial charge >= 0.3 is 0 Å². The number of nitrogens with two attached hydrogens (primary N) is 1. The lowest BCUT2D eigenvalue weighted by molar-refractivity contribution is -0.120. The summed E-state index contributed by atoms with van der Waals surface area (Å²) in [6, 6.07) is 11.1. The third kappa shape index (κ3) is 3.13. The molecule has 4 nitrogen and oxygen atoms in total. The van der Waals surface area contributed by atoms with Crippen molar-refractivity contribution in [2.75, 3.05) is 23.8 Å². The first kappa shape index (κ1) is 15.7. The van der Waals surface area contributed by atoms with Crippen LogP contribution in [0.1, 0.15) is 17.5 Å². The minimum Gasteiger partial charge on any atom is -0.483 e. The Hall–Kier alpha value is -2.20. The zero-order valence-corrected chi connectivity index (χ0v) is 13.8. The molecule has 0 bridgehead atoms. The molecule has 0 saturated carbocycles. The van der Waals surface area contributed by atoms with Gasteiger partial charge in [0, 0.05) is 28.5 Å². The van der Waals surface area contributed by atoms with Gasteiger partial charge in [-0.15, -0.1) is 0 Å². The molecule has 1 aliphatic heterocycles. The van der Waals surface area contributed by atoms with E-state index in [1.807, 2.05) is 37.3 Å². The first-order valence-corrected chi connectivity index (χ1v) is 8.01. The van der Waals surface area contributed by atoms with Crippen LogP contribution in [0, 0.1) is 6.92 Å². The van der Waals surface area contributed by atoms with Crippen LogP contribution in [0.15, 0.2) is 36.4 Å². The number of amides is 1. The van der Waals surface area contributed by atoms with Crippen LogP contribution in [0.2, 0.25) is 5.02 Å². The Morgan fingerprint density at radius 3 is 2.91 bits per heavy atom. The van der Waals surface area contributed by atoms with Gasteiger partial charge < -0.3 is 15.4 Å². The molecule has 1 heterocycles. The maximum Gasteiger partial charge on any atom is 0.264 e. The minimum atomic E-state index is -0.0732. The Kier molecular flexibility index (Phi) is 4.44. The Morgan fingerprint density at radius 1 is 1.30 bits per heavy atom. The van der Waals surface area contributed by atoms with E-state index in [0.29, 0.717) is 17.3 Å². The lowest BCUT2D eigenvalue weighted by Gasteiger charge is -2.30. The predicted molar refractivity (Wildman–Crippen MR) is 93.2 cm³/mol. The van der Waals surface area contributed by atoms with E-state index in [1.54, 1.807) is 11.0 Å². The topological polar surface area (TPSA) is 55.6 Å². The number of carbonyl (C=O) groups excluding carboxylic acids is 1. The van der Waals surface area contributed by atoms with Gasteiger partial charge in [0.15, 0.2) is 6.61 Å². The highest BCUT2D eigenvalue weighted by atomic mass is 35.5. The van der Waals surface area contributed by atoms with Crippen molar-refractivity contribution < 1.29 is 9.53 Å². The molecule has 0 unspecified atom stereocenters. The van der Waals surface area contributed by atoms with Gasteiger partial charge in [0.1, 0.15) is 5.75 Å². The van der Waals surface area contributed by atoms with Crippen LogP contribution in [0.25, 0.3) is 0 Å². The van der Waals surface area contributed by atoms with Crippen molar-refractivity contribution in [3.63, 3.8) is 0 Å². The highest BCUT2D eigenvalue weighted by Crippen LogP contribution is 2.31. The number of hydrogen-bond acceptors (Lipinski definition) is 3. The smallest absolute Gasteiger partial charge is 0.264 e. The molecule has 0 aliphatic carbocycles. The van der Waals surface area contributed by atoms with E-state index in [2.05, 4.69) is 0 Å². The molecule has 0 radical (unpaired) electrons. The van der Waals surface area contributed by atoms with Gasteiger partial charge in [-0.25, -0.2) is 0 Å².